The van der Waals surface area contributed by atoms with E-state index in [2.05, 4.69) is 0 Å². The van der Waals surface area contributed by atoms with Crippen molar-refractivity contribution in [1.29, 1.82) is 0 Å². The minimum absolute atomic E-state index is 0.0544. The number of carboxylic acid groups (broad SMARTS) is 1. The van der Waals surface area contributed by atoms with Crippen molar-refractivity contribution >= 4 is 15.8 Å². The Morgan fingerprint density at radius 2 is 2.10 bits per heavy atom. The average Bonchev–Trinajstić information content (AvgIpc) is 3.05. The monoisotopic (exact) mass is 296 g/mol. The molecule has 1 aromatic rings. The van der Waals surface area contributed by atoms with E-state index < -0.39 is 15.8 Å². The van der Waals surface area contributed by atoms with E-state index >= 15 is 0 Å². The summed E-state index contributed by atoms with van der Waals surface area (Å²) in [4.78, 5) is 11.4. The van der Waals surface area contributed by atoms with Gasteiger partial charge in [0, 0.05) is 6.42 Å². The van der Waals surface area contributed by atoms with E-state index in [1.165, 1.54) is 6.07 Å². The van der Waals surface area contributed by atoms with Crippen molar-refractivity contribution in [3.8, 4) is 5.75 Å². The number of hydrogen-bond acceptors (Lipinski definition) is 4. The molecule has 0 aromatic heterocycles. The van der Waals surface area contributed by atoms with Crippen LogP contribution in [-0.2, 0) is 16.3 Å². The van der Waals surface area contributed by atoms with E-state index in [4.69, 9.17) is 4.74 Å². The molecule has 1 heterocycles. The molecule has 1 atom stereocenters. The highest BCUT2D eigenvalue weighted by atomic mass is 32.2. The molecule has 1 aromatic carbocycles. The van der Waals surface area contributed by atoms with E-state index in [9.17, 15) is 18.3 Å². The van der Waals surface area contributed by atoms with Gasteiger partial charge in [0.2, 0.25) is 0 Å². The van der Waals surface area contributed by atoms with Gasteiger partial charge in [-0.2, -0.15) is 0 Å². The van der Waals surface area contributed by atoms with Gasteiger partial charge in [0.1, 0.15) is 17.4 Å². The molecule has 1 N–H and O–H groups in total. The lowest BCUT2D eigenvalue weighted by atomic mass is 10.1. The van der Waals surface area contributed by atoms with E-state index in [0.717, 1.165) is 12.8 Å². The van der Waals surface area contributed by atoms with Crippen molar-refractivity contribution < 1.29 is 23.1 Å². The predicted molar refractivity (Wildman–Crippen MR) is 72.0 cm³/mol. The Labute approximate surface area is 117 Å². The number of carboxylic acids is 1. The standard InChI is InChI=1S/C14H16O5S/c1-8-4-10-5-11(20(17,18)7-9-2-3-9)6-12(14(15)16)13(10)19-8/h5-6,8-9H,2-4,7H2,1H3,(H,15,16). The largest absolute Gasteiger partial charge is 0.489 e. The maximum absolute atomic E-state index is 12.3. The zero-order valence-corrected chi connectivity index (χ0v) is 11.9. The molecule has 0 bridgehead atoms. The van der Waals surface area contributed by atoms with Crippen LogP contribution in [0.1, 0.15) is 35.7 Å². The Hall–Kier alpha value is -1.56. The van der Waals surface area contributed by atoms with Gasteiger partial charge in [-0.15, -0.1) is 0 Å². The van der Waals surface area contributed by atoms with Crippen LogP contribution in [0.25, 0.3) is 0 Å². The van der Waals surface area contributed by atoms with Crippen LogP contribution >= 0.6 is 0 Å². The van der Waals surface area contributed by atoms with Gasteiger partial charge in [-0.1, -0.05) is 0 Å². The summed E-state index contributed by atoms with van der Waals surface area (Å²) in [6.45, 7) is 1.84. The summed E-state index contributed by atoms with van der Waals surface area (Å²) >= 11 is 0. The first kappa shape index (κ1) is 13.4. The summed E-state index contributed by atoms with van der Waals surface area (Å²) in [6, 6.07) is 2.81. The molecule has 0 radical (unpaired) electrons. The number of rotatable bonds is 4. The molecular formula is C14H16O5S. The molecule has 0 saturated heterocycles. The average molecular weight is 296 g/mol. The first-order valence-electron chi connectivity index (χ1n) is 6.66. The van der Waals surface area contributed by atoms with Gasteiger partial charge >= 0.3 is 5.97 Å². The number of fused-ring (bicyclic) bond motifs is 1. The fourth-order valence-electron chi connectivity index (χ4n) is 2.53. The molecule has 20 heavy (non-hydrogen) atoms. The maximum Gasteiger partial charge on any atom is 0.339 e. The van der Waals surface area contributed by atoms with Crippen LogP contribution in [0.5, 0.6) is 5.75 Å². The summed E-state index contributed by atoms with van der Waals surface area (Å²) < 4.78 is 30.1. The fourth-order valence-corrected chi connectivity index (χ4v) is 4.30. The van der Waals surface area contributed by atoms with Crippen LogP contribution in [0.15, 0.2) is 17.0 Å². The minimum atomic E-state index is -3.41. The zero-order valence-electron chi connectivity index (χ0n) is 11.1. The van der Waals surface area contributed by atoms with Crippen molar-refractivity contribution in [3.63, 3.8) is 0 Å². The first-order chi connectivity index (χ1) is 9.37. The molecule has 1 aliphatic carbocycles. The highest BCUT2D eigenvalue weighted by Gasteiger charge is 2.32. The Kier molecular flexibility index (Phi) is 3.01. The second-order valence-electron chi connectivity index (χ2n) is 5.62. The molecule has 0 spiro atoms. The third kappa shape index (κ3) is 2.40. The molecule has 0 amide bonds. The lowest BCUT2D eigenvalue weighted by molar-refractivity contribution is 0.0691. The summed E-state index contributed by atoms with van der Waals surface area (Å²) in [5.41, 5.74) is 0.619. The van der Waals surface area contributed by atoms with E-state index in [1.807, 2.05) is 6.92 Å². The van der Waals surface area contributed by atoms with Crippen LogP contribution in [0.3, 0.4) is 0 Å². The van der Waals surface area contributed by atoms with Crippen molar-refractivity contribution in [2.24, 2.45) is 5.92 Å². The van der Waals surface area contributed by atoms with E-state index in [0.29, 0.717) is 17.7 Å². The third-order valence-corrected chi connectivity index (χ3v) is 5.57. The van der Waals surface area contributed by atoms with Gasteiger partial charge < -0.3 is 9.84 Å². The summed E-state index contributed by atoms with van der Waals surface area (Å²) in [5.74, 6) is -0.493. The molecule has 3 rings (SSSR count). The highest BCUT2D eigenvalue weighted by molar-refractivity contribution is 7.91. The van der Waals surface area contributed by atoms with Gasteiger partial charge in [-0.25, -0.2) is 13.2 Å². The third-order valence-electron chi connectivity index (χ3n) is 3.71. The quantitative estimate of drug-likeness (QED) is 0.917. The van der Waals surface area contributed by atoms with E-state index in [-0.39, 0.29) is 28.2 Å². The molecule has 108 valence electrons. The van der Waals surface area contributed by atoms with Crippen LogP contribution < -0.4 is 4.74 Å². The van der Waals surface area contributed by atoms with Gasteiger partial charge in [-0.3, -0.25) is 0 Å². The highest BCUT2D eigenvalue weighted by Crippen LogP contribution is 2.37. The molecule has 1 unspecified atom stereocenters. The van der Waals surface area contributed by atoms with Crippen molar-refractivity contribution in [3.05, 3.63) is 23.3 Å². The molecule has 1 fully saturated rings. The topological polar surface area (TPSA) is 80.7 Å². The second-order valence-corrected chi connectivity index (χ2v) is 7.66. The lowest BCUT2D eigenvalue weighted by Gasteiger charge is -2.09. The Morgan fingerprint density at radius 3 is 2.70 bits per heavy atom. The van der Waals surface area contributed by atoms with Gasteiger partial charge in [0.05, 0.1) is 10.6 Å². The predicted octanol–water partition coefficient (Wildman–Crippen LogP) is 1.89. The first-order valence-corrected chi connectivity index (χ1v) is 8.31. The van der Waals surface area contributed by atoms with Gasteiger partial charge in [0.15, 0.2) is 9.84 Å². The Balaban J connectivity index is 2.07. The smallest absolute Gasteiger partial charge is 0.339 e. The number of aromatic carboxylic acids is 1. The Bertz CT molecular complexity index is 673. The molecule has 1 saturated carbocycles. The number of sulfone groups is 1. The lowest BCUT2D eigenvalue weighted by Crippen LogP contribution is -2.11. The zero-order chi connectivity index (χ0) is 14.5. The van der Waals surface area contributed by atoms with Crippen molar-refractivity contribution in [1.82, 2.24) is 0 Å². The summed E-state index contributed by atoms with van der Waals surface area (Å²) in [7, 11) is -3.41. The van der Waals surface area contributed by atoms with Crippen LogP contribution in [0.4, 0.5) is 0 Å². The van der Waals surface area contributed by atoms with Gasteiger partial charge in [0.25, 0.3) is 0 Å². The summed E-state index contributed by atoms with van der Waals surface area (Å²) in [6.07, 6.45) is 2.30. The van der Waals surface area contributed by atoms with Crippen LogP contribution in [0, 0.1) is 5.92 Å². The number of carbonyl (C=O) groups is 1. The number of hydrogen-bond donors (Lipinski definition) is 1. The SMILES string of the molecule is CC1Cc2cc(S(=O)(=O)CC3CC3)cc(C(=O)O)c2O1. The minimum Gasteiger partial charge on any atom is -0.489 e. The van der Waals surface area contributed by atoms with Gasteiger partial charge in [-0.05, 0) is 43.4 Å². The molecule has 1 aliphatic heterocycles. The molecule has 6 heteroatoms. The molecule has 5 nitrogen and oxygen atoms in total. The number of ether oxygens (including phenoxy) is 1. The van der Waals surface area contributed by atoms with Crippen molar-refractivity contribution in [2.45, 2.75) is 37.2 Å². The second kappa shape index (κ2) is 4.48. The van der Waals surface area contributed by atoms with Crippen LogP contribution in [0.2, 0.25) is 0 Å². The normalized spacial score (nSPS) is 21.4. The number of benzene rings is 1. The maximum atomic E-state index is 12.3. The molecular weight excluding hydrogens is 280 g/mol. The van der Waals surface area contributed by atoms with E-state index in [1.54, 1.807) is 6.07 Å². The summed E-state index contributed by atoms with van der Waals surface area (Å²) in [5, 5.41) is 9.24. The Morgan fingerprint density at radius 1 is 1.40 bits per heavy atom. The van der Waals surface area contributed by atoms with Crippen molar-refractivity contribution in [2.75, 3.05) is 5.75 Å². The fraction of sp³-hybridized carbons (Fsp3) is 0.500. The molecule has 2 aliphatic rings. The van der Waals surface area contributed by atoms with Crippen LogP contribution in [-0.4, -0.2) is 31.4 Å².